The number of ether oxygens (including phenoxy) is 3. The van der Waals surface area contributed by atoms with Crippen LogP contribution in [0.5, 0.6) is 11.5 Å². The number of benzene rings is 1. The molecule has 4 nitrogen and oxygen atoms in total. The largest absolute Gasteiger partial charge is 0.493 e. The van der Waals surface area contributed by atoms with E-state index >= 15 is 0 Å². The van der Waals surface area contributed by atoms with E-state index in [-0.39, 0.29) is 19.0 Å². The summed E-state index contributed by atoms with van der Waals surface area (Å²) in [4.78, 5) is 10.9. The molecule has 0 aliphatic carbocycles. The van der Waals surface area contributed by atoms with Gasteiger partial charge in [-0.3, -0.25) is 4.79 Å². The highest BCUT2D eigenvalue weighted by atomic mass is 16.5. The van der Waals surface area contributed by atoms with Crippen LogP contribution in [0.2, 0.25) is 0 Å². The fourth-order valence-electron chi connectivity index (χ4n) is 1.24. The van der Waals surface area contributed by atoms with Crippen molar-refractivity contribution >= 4 is 5.97 Å². The molecule has 88 valence electrons. The predicted molar refractivity (Wildman–Crippen MR) is 59.9 cm³/mol. The van der Waals surface area contributed by atoms with E-state index in [0.717, 1.165) is 5.56 Å². The molecule has 0 N–H and O–H groups in total. The minimum atomic E-state index is -0.286. The van der Waals surface area contributed by atoms with Gasteiger partial charge in [0, 0.05) is 0 Å². The number of hydrogen-bond acceptors (Lipinski definition) is 4. The zero-order valence-electron chi connectivity index (χ0n) is 9.78. The molecule has 1 aromatic rings. The molecule has 0 unspecified atom stereocenters. The van der Waals surface area contributed by atoms with Crippen LogP contribution in [0.1, 0.15) is 12.0 Å². The summed E-state index contributed by atoms with van der Waals surface area (Å²) in [5.41, 5.74) is 1.09. The van der Waals surface area contributed by atoms with Gasteiger partial charge in [0.25, 0.3) is 0 Å². The van der Waals surface area contributed by atoms with Crippen LogP contribution in [0, 0.1) is 6.92 Å². The second kappa shape index (κ2) is 6.00. The van der Waals surface area contributed by atoms with Crippen molar-refractivity contribution in [3.63, 3.8) is 0 Å². The van der Waals surface area contributed by atoms with E-state index in [2.05, 4.69) is 4.74 Å². The second-order valence-corrected chi connectivity index (χ2v) is 3.33. The average molecular weight is 224 g/mol. The molecule has 1 aromatic carbocycles. The number of esters is 1. The van der Waals surface area contributed by atoms with E-state index in [1.54, 1.807) is 7.11 Å². The lowest BCUT2D eigenvalue weighted by Gasteiger charge is -2.10. The van der Waals surface area contributed by atoms with E-state index in [0.29, 0.717) is 11.5 Å². The number of rotatable bonds is 5. The highest BCUT2D eigenvalue weighted by Crippen LogP contribution is 2.27. The summed E-state index contributed by atoms with van der Waals surface area (Å²) in [6.07, 6.45) is 0.230. The van der Waals surface area contributed by atoms with Crippen LogP contribution in [-0.4, -0.2) is 26.8 Å². The van der Waals surface area contributed by atoms with Gasteiger partial charge in [0.1, 0.15) is 0 Å². The Morgan fingerprint density at radius 2 is 2.00 bits per heavy atom. The van der Waals surface area contributed by atoms with Gasteiger partial charge in [-0.2, -0.15) is 0 Å². The Hall–Kier alpha value is -1.71. The quantitative estimate of drug-likeness (QED) is 0.717. The van der Waals surface area contributed by atoms with Gasteiger partial charge in [-0.05, 0) is 24.6 Å². The fourth-order valence-corrected chi connectivity index (χ4v) is 1.24. The van der Waals surface area contributed by atoms with Crippen molar-refractivity contribution in [2.45, 2.75) is 13.3 Å². The van der Waals surface area contributed by atoms with Gasteiger partial charge in [0.2, 0.25) is 0 Å². The zero-order valence-corrected chi connectivity index (χ0v) is 9.78. The molecule has 0 radical (unpaired) electrons. The van der Waals surface area contributed by atoms with Gasteiger partial charge >= 0.3 is 5.97 Å². The molecule has 0 saturated heterocycles. The first kappa shape index (κ1) is 12.4. The maximum absolute atomic E-state index is 10.9. The van der Waals surface area contributed by atoms with Gasteiger partial charge in [-0.25, -0.2) is 0 Å². The maximum atomic E-state index is 10.9. The van der Waals surface area contributed by atoms with Crippen molar-refractivity contribution in [3.8, 4) is 11.5 Å². The van der Waals surface area contributed by atoms with E-state index in [1.807, 2.05) is 25.1 Å². The van der Waals surface area contributed by atoms with E-state index in [1.165, 1.54) is 7.11 Å². The third kappa shape index (κ3) is 3.46. The van der Waals surface area contributed by atoms with Crippen molar-refractivity contribution < 1.29 is 19.0 Å². The normalized spacial score (nSPS) is 9.69. The first-order valence-electron chi connectivity index (χ1n) is 5.01. The van der Waals surface area contributed by atoms with Crippen LogP contribution in [0.25, 0.3) is 0 Å². The molecule has 0 heterocycles. The van der Waals surface area contributed by atoms with Gasteiger partial charge in [-0.1, -0.05) is 6.07 Å². The zero-order chi connectivity index (χ0) is 12.0. The minimum absolute atomic E-state index is 0.230. The first-order valence-corrected chi connectivity index (χ1v) is 5.01. The lowest BCUT2D eigenvalue weighted by atomic mass is 10.2. The van der Waals surface area contributed by atoms with Crippen LogP contribution >= 0.6 is 0 Å². The molecular formula is C12H16O4. The summed E-state index contributed by atoms with van der Waals surface area (Å²) >= 11 is 0. The lowest BCUT2D eigenvalue weighted by molar-refractivity contribution is -0.141. The summed E-state index contributed by atoms with van der Waals surface area (Å²) in [5.74, 6) is 1.02. The monoisotopic (exact) mass is 224 g/mol. The third-order valence-electron chi connectivity index (χ3n) is 2.11. The molecule has 0 spiro atoms. The standard InChI is InChI=1S/C12H16O4/c1-9-4-5-10(11(8-9)14-2)16-7-6-12(13)15-3/h4-5,8H,6-7H2,1-3H3. The molecule has 0 saturated carbocycles. The third-order valence-corrected chi connectivity index (χ3v) is 2.11. The Balaban J connectivity index is 2.56. The number of carbonyl (C=O) groups excluding carboxylic acids is 1. The summed E-state index contributed by atoms with van der Waals surface area (Å²) in [5, 5.41) is 0. The molecule has 0 bridgehead atoms. The van der Waals surface area contributed by atoms with Crippen LogP contribution in [0.15, 0.2) is 18.2 Å². The summed E-state index contributed by atoms with van der Waals surface area (Å²) < 4.78 is 15.1. The molecule has 0 aliphatic heterocycles. The smallest absolute Gasteiger partial charge is 0.308 e. The summed E-state index contributed by atoms with van der Waals surface area (Å²) in [6, 6.07) is 5.63. The molecular weight excluding hydrogens is 208 g/mol. The van der Waals surface area contributed by atoms with Gasteiger partial charge in [0.05, 0.1) is 27.2 Å². The van der Waals surface area contributed by atoms with Crippen molar-refractivity contribution in [1.29, 1.82) is 0 Å². The topological polar surface area (TPSA) is 44.8 Å². The number of aryl methyl sites for hydroxylation is 1. The van der Waals surface area contributed by atoms with Crippen molar-refractivity contribution in [2.24, 2.45) is 0 Å². The highest BCUT2D eigenvalue weighted by Gasteiger charge is 2.06. The second-order valence-electron chi connectivity index (χ2n) is 3.33. The molecule has 1 rings (SSSR count). The minimum Gasteiger partial charge on any atom is -0.493 e. The van der Waals surface area contributed by atoms with Crippen LogP contribution in [0.4, 0.5) is 0 Å². The Bertz CT molecular complexity index is 360. The average Bonchev–Trinajstić information content (AvgIpc) is 2.30. The molecule has 4 heteroatoms. The summed E-state index contributed by atoms with van der Waals surface area (Å²) in [6.45, 7) is 2.26. The number of carbonyl (C=O) groups is 1. The van der Waals surface area contributed by atoms with E-state index < -0.39 is 0 Å². The highest BCUT2D eigenvalue weighted by molar-refractivity contribution is 5.69. The first-order chi connectivity index (χ1) is 7.67. The van der Waals surface area contributed by atoms with Crippen LogP contribution < -0.4 is 9.47 Å². The predicted octanol–water partition coefficient (Wildman–Crippen LogP) is 1.95. The molecule has 16 heavy (non-hydrogen) atoms. The van der Waals surface area contributed by atoms with Gasteiger partial charge < -0.3 is 14.2 Å². The Labute approximate surface area is 95.1 Å². The Morgan fingerprint density at radius 1 is 1.25 bits per heavy atom. The van der Waals surface area contributed by atoms with E-state index in [4.69, 9.17) is 9.47 Å². The maximum Gasteiger partial charge on any atom is 0.308 e. The van der Waals surface area contributed by atoms with Crippen molar-refractivity contribution in [2.75, 3.05) is 20.8 Å². The van der Waals surface area contributed by atoms with Crippen LogP contribution in [-0.2, 0) is 9.53 Å². The van der Waals surface area contributed by atoms with Crippen molar-refractivity contribution in [1.82, 2.24) is 0 Å². The molecule has 0 atom stereocenters. The van der Waals surface area contributed by atoms with Crippen molar-refractivity contribution in [3.05, 3.63) is 23.8 Å². The Morgan fingerprint density at radius 3 is 2.62 bits per heavy atom. The van der Waals surface area contributed by atoms with Gasteiger partial charge in [0.15, 0.2) is 11.5 Å². The SMILES string of the molecule is COC(=O)CCOc1ccc(C)cc1OC. The molecule has 0 amide bonds. The fraction of sp³-hybridized carbons (Fsp3) is 0.417. The molecule has 0 aliphatic rings. The lowest BCUT2D eigenvalue weighted by Crippen LogP contribution is -2.08. The van der Waals surface area contributed by atoms with Crippen LogP contribution in [0.3, 0.4) is 0 Å². The molecule has 0 fully saturated rings. The van der Waals surface area contributed by atoms with E-state index in [9.17, 15) is 4.79 Å². The van der Waals surface area contributed by atoms with Gasteiger partial charge in [-0.15, -0.1) is 0 Å². The molecule has 0 aromatic heterocycles. The Kier molecular flexibility index (Phi) is 4.64. The number of methoxy groups -OCH3 is 2. The number of hydrogen-bond donors (Lipinski definition) is 0. The summed E-state index contributed by atoms with van der Waals surface area (Å²) in [7, 11) is 2.94.